The molecule has 1 N–H and O–H groups in total. The van der Waals surface area contributed by atoms with Crippen molar-refractivity contribution in [1.82, 2.24) is 5.32 Å². The van der Waals surface area contributed by atoms with Crippen LogP contribution in [0.25, 0.3) is 0 Å². The van der Waals surface area contributed by atoms with Crippen LogP contribution in [0.5, 0.6) is 0 Å². The molecular weight excluding hydrogens is 316 g/mol. The summed E-state index contributed by atoms with van der Waals surface area (Å²) in [5.41, 5.74) is 1.18. The Labute approximate surface area is 117 Å². The predicted molar refractivity (Wildman–Crippen MR) is 75.7 cm³/mol. The third-order valence-corrected chi connectivity index (χ3v) is 3.93. The average molecular weight is 327 g/mol. The Kier molecular flexibility index (Phi) is 4.46. The number of nitrogens with one attached hydrogen (secondary N) is 1. The molecule has 0 atom stereocenters. The van der Waals surface area contributed by atoms with Gasteiger partial charge in [-0.25, -0.2) is 0 Å². The Hall–Kier alpha value is -1.24. The first-order valence-corrected chi connectivity index (χ1v) is 6.94. The number of hydrogen-bond donors (Lipinski definition) is 1. The first-order valence-electron chi connectivity index (χ1n) is 5.33. The molecule has 2 aromatic rings. The first kappa shape index (κ1) is 13.2. The van der Waals surface area contributed by atoms with Crippen molar-refractivity contribution in [1.29, 1.82) is 0 Å². The van der Waals surface area contributed by atoms with E-state index in [0.29, 0.717) is 6.54 Å². The molecule has 0 aliphatic heterocycles. The molecule has 0 bridgehead atoms. The summed E-state index contributed by atoms with van der Waals surface area (Å²) in [6, 6.07) is 11.4. The number of nitrogens with zero attached hydrogens (tertiary/aromatic N) is 1. The predicted octanol–water partition coefficient (Wildman–Crippen LogP) is 3.71. The van der Waals surface area contributed by atoms with E-state index in [-0.39, 0.29) is 9.92 Å². The highest BCUT2D eigenvalue weighted by Gasteiger charge is 2.08. The normalized spacial score (nSPS) is 10.5. The molecular formula is C12H11BrN2O2S. The zero-order valence-corrected chi connectivity index (χ0v) is 11.8. The van der Waals surface area contributed by atoms with Crippen molar-refractivity contribution in [2.45, 2.75) is 13.1 Å². The molecule has 1 heterocycles. The van der Waals surface area contributed by atoms with E-state index < -0.39 is 0 Å². The van der Waals surface area contributed by atoms with Crippen molar-refractivity contribution >= 4 is 32.3 Å². The topological polar surface area (TPSA) is 55.2 Å². The van der Waals surface area contributed by atoms with Gasteiger partial charge >= 0.3 is 5.00 Å². The summed E-state index contributed by atoms with van der Waals surface area (Å²) in [5.74, 6) is 0. The van der Waals surface area contributed by atoms with Gasteiger partial charge in [-0.15, -0.1) is 0 Å². The average Bonchev–Trinajstić information content (AvgIpc) is 2.81. The van der Waals surface area contributed by atoms with Crippen molar-refractivity contribution in [2.24, 2.45) is 0 Å². The van der Waals surface area contributed by atoms with Crippen LogP contribution in [0.1, 0.15) is 10.4 Å². The highest BCUT2D eigenvalue weighted by molar-refractivity contribution is 9.10. The Morgan fingerprint density at radius 2 is 1.89 bits per heavy atom. The van der Waals surface area contributed by atoms with Gasteiger partial charge in [0.2, 0.25) is 0 Å². The monoisotopic (exact) mass is 326 g/mol. The summed E-state index contributed by atoms with van der Waals surface area (Å²) >= 11 is 4.59. The van der Waals surface area contributed by atoms with Gasteiger partial charge in [0.1, 0.15) is 0 Å². The SMILES string of the molecule is O=[N+]([O-])c1ccc(CNCc2ccc(Br)cc2)s1. The Bertz CT molecular complexity index is 539. The van der Waals surface area contributed by atoms with Crippen LogP contribution in [0.2, 0.25) is 0 Å². The second-order valence-corrected chi connectivity index (χ2v) is 5.79. The molecule has 6 heteroatoms. The second kappa shape index (κ2) is 6.08. The molecule has 94 valence electrons. The summed E-state index contributed by atoms with van der Waals surface area (Å²) in [5, 5.41) is 14.0. The molecule has 2 rings (SSSR count). The molecule has 0 fully saturated rings. The Morgan fingerprint density at radius 1 is 1.17 bits per heavy atom. The number of rotatable bonds is 5. The molecule has 0 aliphatic rings. The molecule has 0 spiro atoms. The van der Waals surface area contributed by atoms with Gasteiger partial charge in [-0.2, -0.15) is 0 Å². The van der Waals surface area contributed by atoms with Gasteiger partial charge in [0.05, 0.1) is 4.92 Å². The van der Waals surface area contributed by atoms with Gasteiger partial charge in [-0.1, -0.05) is 39.4 Å². The number of nitro groups is 1. The van der Waals surface area contributed by atoms with E-state index in [1.807, 2.05) is 24.3 Å². The first-order chi connectivity index (χ1) is 8.65. The largest absolute Gasteiger partial charge is 0.324 e. The van der Waals surface area contributed by atoms with Crippen LogP contribution in [0.3, 0.4) is 0 Å². The van der Waals surface area contributed by atoms with Crippen LogP contribution in [0, 0.1) is 10.1 Å². The molecule has 0 radical (unpaired) electrons. The molecule has 0 saturated carbocycles. The molecule has 1 aromatic heterocycles. The zero-order chi connectivity index (χ0) is 13.0. The third-order valence-electron chi connectivity index (χ3n) is 2.37. The fourth-order valence-corrected chi connectivity index (χ4v) is 2.55. The van der Waals surface area contributed by atoms with Crippen LogP contribution in [0.15, 0.2) is 40.9 Å². The van der Waals surface area contributed by atoms with Gasteiger partial charge in [0.15, 0.2) is 0 Å². The maximum atomic E-state index is 10.5. The van der Waals surface area contributed by atoms with Gasteiger partial charge in [0, 0.05) is 28.5 Å². The lowest BCUT2D eigenvalue weighted by Crippen LogP contribution is -2.11. The molecule has 0 amide bonds. The van der Waals surface area contributed by atoms with Crippen LogP contribution in [-0.4, -0.2) is 4.92 Å². The van der Waals surface area contributed by atoms with Crippen molar-refractivity contribution < 1.29 is 4.92 Å². The summed E-state index contributed by atoms with van der Waals surface area (Å²) in [7, 11) is 0. The van der Waals surface area contributed by atoms with Gasteiger partial charge in [-0.3, -0.25) is 10.1 Å². The summed E-state index contributed by atoms with van der Waals surface area (Å²) in [4.78, 5) is 11.1. The molecule has 4 nitrogen and oxygen atoms in total. The van der Waals surface area contributed by atoms with E-state index >= 15 is 0 Å². The minimum absolute atomic E-state index is 0.190. The lowest BCUT2D eigenvalue weighted by molar-refractivity contribution is -0.380. The van der Waals surface area contributed by atoms with Crippen LogP contribution in [0.4, 0.5) is 5.00 Å². The fraction of sp³-hybridized carbons (Fsp3) is 0.167. The highest BCUT2D eigenvalue weighted by Crippen LogP contribution is 2.23. The van der Waals surface area contributed by atoms with E-state index in [2.05, 4.69) is 21.2 Å². The number of halogens is 1. The minimum Gasteiger partial charge on any atom is -0.308 e. The van der Waals surface area contributed by atoms with Crippen molar-refractivity contribution in [2.75, 3.05) is 0 Å². The lowest BCUT2D eigenvalue weighted by Gasteiger charge is -2.03. The van der Waals surface area contributed by atoms with Crippen molar-refractivity contribution in [3.8, 4) is 0 Å². The van der Waals surface area contributed by atoms with Crippen LogP contribution in [-0.2, 0) is 13.1 Å². The fourth-order valence-electron chi connectivity index (χ4n) is 1.49. The van der Waals surface area contributed by atoms with Crippen molar-refractivity contribution in [3.05, 3.63) is 61.4 Å². The van der Waals surface area contributed by atoms with Crippen molar-refractivity contribution in [3.63, 3.8) is 0 Å². The molecule has 0 saturated heterocycles. The maximum Gasteiger partial charge on any atom is 0.324 e. The summed E-state index contributed by atoms with van der Waals surface area (Å²) in [6.45, 7) is 1.40. The maximum absolute atomic E-state index is 10.5. The highest BCUT2D eigenvalue weighted by atomic mass is 79.9. The Balaban J connectivity index is 1.84. The second-order valence-electron chi connectivity index (χ2n) is 3.73. The zero-order valence-electron chi connectivity index (χ0n) is 9.43. The molecule has 18 heavy (non-hydrogen) atoms. The third kappa shape index (κ3) is 3.63. The number of thiophene rings is 1. The van der Waals surface area contributed by atoms with E-state index in [1.165, 1.54) is 16.9 Å². The number of hydrogen-bond acceptors (Lipinski definition) is 4. The van der Waals surface area contributed by atoms with E-state index in [1.54, 1.807) is 12.1 Å². The van der Waals surface area contributed by atoms with Gasteiger partial charge in [-0.05, 0) is 23.8 Å². The van der Waals surface area contributed by atoms with Crippen LogP contribution < -0.4 is 5.32 Å². The van der Waals surface area contributed by atoms with Crippen LogP contribution >= 0.6 is 27.3 Å². The Morgan fingerprint density at radius 3 is 2.50 bits per heavy atom. The summed E-state index contributed by atoms with van der Waals surface area (Å²) < 4.78 is 1.06. The number of benzene rings is 1. The van der Waals surface area contributed by atoms with Gasteiger partial charge in [0.25, 0.3) is 0 Å². The van der Waals surface area contributed by atoms with E-state index in [9.17, 15) is 10.1 Å². The standard InChI is InChI=1S/C12H11BrN2O2S/c13-10-3-1-9(2-4-10)7-14-8-11-5-6-12(18-11)15(16)17/h1-6,14H,7-8H2. The van der Waals surface area contributed by atoms with E-state index in [0.717, 1.165) is 15.9 Å². The van der Waals surface area contributed by atoms with E-state index in [4.69, 9.17) is 0 Å². The quantitative estimate of drug-likeness (QED) is 0.673. The molecule has 0 aliphatic carbocycles. The molecule has 0 unspecified atom stereocenters. The lowest BCUT2D eigenvalue weighted by atomic mass is 10.2. The smallest absolute Gasteiger partial charge is 0.308 e. The molecule has 1 aromatic carbocycles. The van der Waals surface area contributed by atoms with Gasteiger partial charge < -0.3 is 5.32 Å². The summed E-state index contributed by atoms with van der Waals surface area (Å²) in [6.07, 6.45) is 0. The minimum atomic E-state index is -0.358.